The number of carbonyl (C=O) groups is 1. The lowest BCUT2D eigenvalue weighted by Crippen LogP contribution is -2.31. The summed E-state index contributed by atoms with van der Waals surface area (Å²) in [5.74, 6) is 0.794. The van der Waals surface area contributed by atoms with E-state index in [0.717, 1.165) is 26.1 Å². The van der Waals surface area contributed by atoms with Gasteiger partial charge in [0.2, 0.25) is 5.91 Å². The summed E-state index contributed by atoms with van der Waals surface area (Å²) >= 11 is 0. The first-order valence-electron chi connectivity index (χ1n) is 5.95. The summed E-state index contributed by atoms with van der Waals surface area (Å²) in [5, 5.41) is 2.98. The molecule has 1 amide bonds. The Morgan fingerprint density at radius 2 is 2.18 bits per heavy atom. The van der Waals surface area contributed by atoms with Crippen LogP contribution in [0.1, 0.15) is 26.2 Å². The number of hydrogen-bond donors (Lipinski definition) is 2. The van der Waals surface area contributed by atoms with E-state index in [4.69, 9.17) is 5.73 Å². The van der Waals surface area contributed by atoms with Crippen LogP contribution in [0.2, 0.25) is 0 Å². The van der Waals surface area contributed by atoms with Crippen LogP contribution in [0.4, 0.5) is 0 Å². The van der Waals surface area contributed by atoms with E-state index in [1.54, 1.807) is 0 Å². The highest BCUT2D eigenvalue weighted by molar-refractivity contribution is 5.85. The maximum absolute atomic E-state index is 11.3. The van der Waals surface area contributed by atoms with Crippen LogP contribution in [-0.4, -0.2) is 43.5 Å². The van der Waals surface area contributed by atoms with Crippen molar-refractivity contribution in [2.75, 3.05) is 32.7 Å². The molecule has 0 aliphatic carbocycles. The Bertz CT molecular complexity index is 205. The lowest BCUT2D eigenvalue weighted by Gasteiger charge is -2.13. The van der Waals surface area contributed by atoms with Crippen molar-refractivity contribution in [3.05, 3.63) is 0 Å². The monoisotopic (exact) mass is 285 g/mol. The highest BCUT2D eigenvalue weighted by Gasteiger charge is 2.21. The van der Waals surface area contributed by atoms with E-state index in [2.05, 4.69) is 17.1 Å². The van der Waals surface area contributed by atoms with E-state index in [1.165, 1.54) is 13.0 Å². The highest BCUT2D eigenvalue weighted by atomic mass is 35.5. The largest absolute Gasteiger partial charge is 0.356 e. The molecule has 0 saturated carbocycles. The summed E-state index contributed by atoms with van der Waals surface area (Å²) in [6.45, 7) is 7.05. The van der Waals surface area contributed by atoms with Gasteiger partial charge in [-0.15, -0.1) is 24.8 Å². The van der Waals surface area contributed by atoms with Crippen LogP contribution in [0.3, 0.4) is 0 Å². The van der Waals surface area contributed by atoms with Crippen LogP contribution in [0, 0.1) is 5.92 Å². The van der Waals surface area contributed by atoms with Gasteiger partial charge in [-0.3, -0.25) is 4.79 Å². The third-order valence-electron chi connectivity index (χ3n) is 3.01. The third kappa shape index (κ3) is 7.82. The van der Waals surface area contributed by atoms with E-state index in [9.17, 15) is 4.79 Å². The van der Waals surface area contributed by atoms with Gasteiger partial charge >= 0.3 is 0 Å². The minimum absolute atomic E-state index is 0. The van der Waals surface area contributed by atoms with Crippen molar-refractivity contribution < 1.29 is 4.79 Å². The second kappa shape index (κ2) is 11.1. The predicted octanol–water partition coefficient (Wildman–Crippen LogP) is 1.03. The molecule has 1 aliphatic heterocycles. The van der Waals surface area contributed by atoms with Gasteiger partial charge in [-0.2, -0.15) is 0 Å². The normalized spacial score (nSPS) is 19.3. The molecule has 0 radical (unpaired) electrons. The van der Waals surface area contributed by atoms with Crippen molar-refractivity contribution in [1.82, 2.24) is 10.2 Å². The van der Waals surface area contributed by atoms with Crippen molar-refractivity contribution in [3.63, 3.8) is 0 Å². The fraction of sp³-hybridized carbons (Fsp3) is 0.909. The number of halogens is 2. The molecule has 6 heteroatoms. The van der Waals surface area contributed by atoms with Crippen LogP contribution in [-0.2, 0) is 4.79 Å². The van der Waals surface area contributed by atoms with Gasteiger partial charge in [-0.25, -0.2) is 0 Å². The first kappa shape index (κ1) is 19.3. The predicted molar refractivity (Wildman–Crippen MR) is 76.0 cm³/mol. The quantitative estimate of drug-likeness (QED) is 0.766. The lowest BCUT2D eigenvalue weighted by molar-refractivity contribution is -0.121. The molecule has 3 N–H and O–H groups in total. The molecular weight excluding hydrogens is 261 g/mol. The summed E-state index contributed by atoms with van der Waals surface area (Å²) < 4.78 is 0. The van der Waals surface area contributed by atoms with Gasteiger partial charge in [-0.1, -0.05) is 6.92 Å². The van der Waals surface area contributed by atoms with Crippen LogP contribution >= 0.6 is 24.8 Å². The fourth-order valence-electron chi connectivity index (χ4n) is 1.98. The standard InChI is InChI=1S/C11H23N3O.2ClH/c1-2-14-7-5-10(9-14)8-13-11(15)4-3-6-12;;/h10H,2-9,12H2,1H3,(H,13,15);2*1H. The van der Waals surface area contributed by atoms with E-state index in [-0.39, 0.29) is 30.7 Å². The number of hydrogen-bond acceptors (Lipinski definition) is 3. The van der Waals surface area contributed by atoms with Crippen molar-refractivity contribution in [2.24, 2.45) is 11.7 Å². The summed E-state index contributed by atoms with van der Waals surface area (Å²) in [6.07, 6.45) is 2.57. The third-order valence-corrected chi connectivity index (χ3v) is 3.01. The second-order valence-electron chi connectivity index (χ2n) is 4.24. The molecule has 4 nitrogen and oxygen atoms in total. The molecule has 1 fully saturated rings. The maximum atomic E-state index is 11.3. The molecule has 0 aromatic heterocycles. The first-order valence-corrected chi connectivity index (χ1v) is 5.95. The zero-order valence-corrected chi connectivity index (χ0v) is 12.1. The molecule has 1 unspecified atom stereocenters. The molecule has 1 aliphatic rings. The zero-order valence-electron chi connectivity index (χ0n) is 10.5. The zero-order chi connectivity index (χ0) is 11.1. The Kier molecular flexibility index (Phi) is 12.6. The van der Waals surface area contributed by atoms with E-state index < -0.39 is 0 Å². The van der Waals surface area contributed by atoms with Crippen LogP contribution in [0.5, 0.6) is 0 Å². The van der Waals surface area contributed by atoms with Crippen molar-refractivity contribution >= 4 is 30.7 Å². The van der Waals surface area contributed by atoms with Crippen LogP contribution in [0.25, 0.3) is 0 Å². The van der Waals surface area contributed by atoms with E-state index in [0.29, 0.717) is 18.9 Å². The first-order chi connectivity index (χ1) is 7.26. The summed E-state index contributed by atoms with van der Waals surface area (Å²) in [5.41, 5.74) is 5.34. The number of likely N-dealkylation sites (tertiary alicyclic amines) is 1. The van der Waals surface area contributed by atoms with Crippen molar-refractivity contribution in [3.8, 4) is 0 Å². The average molecular weight is 286 g/mol. The van der Waals surface area contributed by atoms with Gasteiger partial charge in [0.25, 0.3) is 0 Å². The minimum atomic E-state index is 0. The Hall–Kier alpha value is -0.0300. The van der Waals surface area contributed by atoms with Crippen molar-refractivity contribution in [2.45, 2.75) is 26.2 Å². The number of amides is 1. The molecule has 0 spiro atoms. The molecule has 0 aromatic carbocycles. The molecule has 0 aromatic rings. The molecule has 1 atom stereocenters. The lowest BCUT2D eigenvalue weighted by atomic mass is 10.1. The molecule has 1 rings (SSSR count). The maximum Gasteiger partial charge on any atom is 0.220 e. The van der Waals surface area contributed by atoms with Gasteiger partial charge in [0.1, 0.15) is 0 Å². The molecule has 0 bridgehead atoms. The molecular formula is C11H25Cl2N3O. The minimum Gasteiger partial charge on any atom is -0.356 e. The second-order valence-corrected chi connectivity index (χ2v) is 4.24. The number of carbonyl (C=O) groups excluding carboxylic acids is 1. The number of rotatable bonds is 6. The van der Waals surface area contributed by atoms with Crippen LogP contribution < -0.4 is 11.1 Å². The van der Waals surface area contributed by atoms with Gasteiger partial charge in [0.05, 0.1) is 0 Å². The Morgan fingerprint density at radius 3 is 2.71 bits per heavy atom. The smallest absolute Gasteiger partial charge is 0.220 e. The summed E-state index contributed by atoms with van der Waals surface area (Å²) in [6, 6.07) is 0. The fourth-order valence-corrected chi connectivity index (χ4v) is 1.98. The van der Waals surface area contributed by atoms with Gasteiger partial charge in [-0.05, 0) is 38.4 Å². The number of nitrogens with one attached hydrogen (secondary N) is 1. The molecule has 1 saturated heterocycles. The topological polar surface area (TPSA) is 58.4 Å². The SMILES string of the molecule is CCN1CCC(CNC(=O)CCCN)C1.Cl.Cl. The van der Waals surface area contributed by atoms with Gasteiger partial charge < -0.3 is 16.0 Å². The Labute approximate surface area is 117 Å². The molecule has 104 valence electrons. The number of nitrogens with two attached hydrogens (primary N) is 1. The van der Waals surface area contributed by atoms with E-state index >= 15 is 0 Å². The Balaban J connectivity index is 0. The highest BCUT2D eigenvalue weighted by Crippen LogP contribution is 2.14. The molecule has 1 heterocycles. The molecule has 17 heavy (non-hydrogen) atoms. The van der Waals surface area contributed by atoms with Crippen LogP contribution in [0.15, 0.2) is 0 Å². The Morgan fingerprint density at radius 1 is 1.47 bits per heavy atom. The van der Waals surface area contributed by atoms with Gasteiger partial charge in [0.15, 0.2) is 0 Å². The summed E-state index contributed by atoms with van der Waals surface area (Å²) in [7, 11) is 0. The van der Waals surface area contributed by atoms with E-state index in [1.807, 2.05) is 0 Å². The van der Waals surface area contributed by atoms with Crippen molar-refractivity contribution in [1.29, 1.82) is 0 Å². The summed E-state index contributed by atoms with van der Waals surface area (Å²) in [4.78, 5) is 13.8. The average Bonchev–Trinajstić information content (AvgIpc) is 2.71. The number of nitrogens with zero attached hydrogens (tertiary/aromatic N) is 1. The van der Waals surface area contributed by atoms with Gasteiger partial charge in [0, 0.05) is 19.5 Å².